The van der Waals surface area contributed by atoms with Gasteiger partial charge in [0, 0.05) is 11.6 Å². The predicted molar refractivity (Wildman–Crippen MR) is 107 cm³/mol. The van der Waals surface area contributed by atoms with E-state index in [2.05, 4.69) is 0 Å². The van der Waals surface area contributed by atoms with E-state index in [1.807, 2.05) is 13.0 Å². The van der Waals surface area contributed by atoms with Crippen LogP contribution in [-0.4, -0.2) is 38.8 Å². The topological polar surface area (TPSA) is 77.9 Å². The molecular formula is C19H21ClN2O4S. The summed E-state index contributed by atoms with van der Waals surface area (Å²) in [7, 11) is -3.70. The van der Waals surface area contributed by atoms with Gasteiger partial charge in [-0.05, 0) is 42.2 Å². The van der Waals surface area contributed by atoms with Crippen molar-refractivity contribution in [2.45, 2.75) is 19.3 Å². The standard InChI is InChI=1S/C19H21ClN2O4S/c1-13-9-10-21(19-16(13)7-4-8-17(19)23)18(24)12-22(27(2,25)26)15-6-3-5-14(20)11-15/h3-8,11,13,23H,9-10,12H2,1-2H3/t13-/m0/s1. The summed E-state index contributed by atoms with van der Waals surface area (Å²) in [6, 6.07) is 11.5. The van der Waals surface area contributed by atoms with Gasteiger partial charge in [-0.3, -0.25) is 9.10 Å². The molecule has 2 aromatic carbocycles. The highest BCUT2D eigenvalue weighted by Crippen LogP contribution is 2.41. The van der Waals surface area contributed by atoms with Crippen LogP contribution in [0.1, 0.15) is 24.8 Å². The highest BCUT2D eigenvalue weighted by atomic mass is 35.5. The first-order valence-corrected chi connectivity index (χ1v) is 10.8. The Morgan fingerprint density at radius 1 is 1.30 bits per heavy atom. The van der Waals surface area contributed by atoms with E-state index in [9.17, 15) is 18.3 Å². The van der Waals surface area contributed by atoms with Crippen molar-refractivity contribution in [1.82, 2.24) is 0 Å². The van der Waals surface area contributed by atoms with Gasteiger partial charge < -0.3 is 10.0 Å². The number of hydrogen-bond donors (Lipinski definition) is 1. The van der Waals surface area contributed by atoms with Crippen molar-refractivity contribution in [1.29, 1.82) is 0 Å². The number of amides is 1. The van der Waals surface area contributed by atoms with E-state index < -0.39 is 15.9 Å². The van der Waals surface area contributed by atoms with Gasteiger partial charge in [-0.25, -0.2) is 8.42 Å². The molecule has 1 aliphatic rings. The number of nitrogens with zero attached hydrogens (tertiary/aromatic N) is 2. The largest absolute Gasteiger partial charge is 0.506 e. The zero-order chi connectivity index (χ0) is 19.8. The summed E-state index contributed by atoms with van der Waals surface area (Å²) >= 11 is 5.98. The van der Waals surface area contributed by atoms with Crippen molar-refractivity contribution in [3.8, 4) is 5.75 Å². The first kappa shape index (κ1) is 19.5. The van der Waals surface area contributed by atoms with Crippen molar-refractivity contribution in [3.63, 3.8) is 0 Å². The summed E-state index contributed by atoms with van der Waals surface area (Å²) in [4.78, 5) is 14.5. The molecule has 1 amide bonds. The lowest BCUT2D eigenvalue weighted by Gasteiger charge is -2.34. The van der Waals surface area contributed by atoms with E-state index in [0.29, 0.717) is 22.9 Å². The smallest absolute Gasteiger partial charge is 0.247 e. The Kier molecular flexibility index (Phi) is 5.35. The molecule has 27 heavy (non-hydrogen) atoms. The highest BCUT2D eigenvalue weighted by molar-refractivity contribution is 7.92. The summed E-state index contributed by atoms with van der Waals surface area (Å²) in [6.45, 7) is 2.08. The molecular weight excluding hydrogens is 388 g/mol. The number of carbonyl (C=O) groups is 1. The fourth-order valence-corrected chi connectivity index (χ4v) is 4.35. The van der Waals surface area contributed by atoms with Crippen LogP contribution in [0.15, 0.2) is 42.5 Å². The normalized spacial score (nSPS) is 16.7. The van der Waals surface area contributed by atoms with Crippen LogP contribution in [0.4, 0.5) is 11.4 Å². The van der Waals surface area contributed by atoms with Crippen molar-refractivity contribution in [2.24, 2.45) is 0 Å². The molecule has 0 bridgehead atoms. The van der Waals surface area contributed by atoms with Crippen LogP contribution in [0.25, 0.3) is 0 Å². The lowest BCUT2D eigenvalue weighted by Crippen LogP contribution is -2.45. The molecule has 8 heteroatoms. The quantitative estimate of drug-likeness (QED) is 0.841. The number of rotatable bonds is 4. The molecule has 0 saturated heterocycles. The number of carbonyl (C=O) groups excluding carboxylic acids is 1. The monoisotopic (exact) mass is 408 g/mol. The molecule has 3 rings (SSSR count). The van der Waals surface area contributed by atoms with Gasteiger partial charge in [-0.2, -0.15) is 0 Å². The van der Waals surface area contributed by atoms with Gasteiger partial charge in [0.1, 0.15) is 12.3 Å². The molecule has 0 spiro atoms. The first-order chi connectivity index (χ1) is 12.7. The van der Waals surface area contributed by atoms with Crippen LogP contribution < -0.4 is 9.21 Å². The number of phenols is 1. The maximum atomic E-state index is 13.0. The number of halogens is 1. The van der Waals surface area contributed by atoms with Crippen LogP contribution in [0, 0.1) is 0 Å². The molecule has 6 nitrogen and oxygen atoms in total. The Morgan fingerprint density at radius 3 is 2.67 bits per heavy atom. The zero-order valence-corrected chi connectivity index (χ0v) is 16.7. The van der Waals surface area contributed by atoms with Gasteiger partial charge in [0.15, 0.2) is 0 Å². The Balaban J connectivity index is 1.95. The second kappa shape index (κ2) is 7.40. The third kappa shape index (κ3) is 4.04. The van der Waals surface area contributed by atoms with E-state index in [4.69, 9.17) is 11.6 Å². The summed E-state index contributed by atoms with van der Waals surface area (Å²) in [5.41, 5.74) is 1.66. The fourth-order valence-electron chi connectivity index (χ4n) is 3.32. The number of anilines is 2. The molecule has 0 radical (unpaired) electrons. The summed E-state index contributed by atoms with van der Waals surface area (Å²) < 4.78 is 25.6. The van der Waals surface area contributed by atoms with Gasteiger partial charge >= 0.3 is 0 Å². The Hall–Kier alpha value is -2.25. The number of sulfonamides is 1. The maximum Gasteiger partial charge on any atom is 0.247 e. The number of hydrogen-bond acceptors (Lipinski definition) is 4. The minimum absolute atomic E-state index is 0.0149. The second-order valence-corrected chi connectivity index (χ2v) is 9.04. The van der Waals surface area contributed by atoms with Crippen molar-refractivity contribution in [2.75, 3.05) is 28.6 Å². The molecule has 0 aromatic heterocycles. The van der Waals surface area contributed by atoms with Crippen LogP contribution in [-0.2, 0) is 14.8 Å². The van der Waals surface area contributed by atoms with E-state index in [1.165, 1.54) is 17.0 Å². The van der Waals surface area contributed by atoms with E-state index in [0.717, 1.165) is 22.5 Å². The number of benzene rings is 2. The molecule has 0 aliphatic carbocycles. The van der Waals surface area contributed by atoms with E-state index in [-0.39, 0.29) is 18.2 Å². The van der Waals surface area contributed by atoms with Gasteiger partial charge in [0.25, 0.3) is 0 Å². The molecule has 1 atom stereocenters. The number of fused-ring (bicyclic) bond motifs is 1. The molecule has 1 heterocycles. The van der Waals surface area contributed by atoms with Crippen molar-refractivity contribution >= 4 is 38.9 Å². The second-order valence-electron chi connectivity index (χ2n) is 6.70. The lowest BCUT2D eigenvalue weighted by molar-refractivity contribution is -0.117. The number of phenolic OH excluding ortho intramolecular Hbond substituents is 1. The predicted octanol–water partition coefficient (Wildman–Crippen LogP) is 3.35. The van der Waals surface area contributed by atoms with Crippen LogP contribution in [0.5, 0.6) is 5.75 Å². The lowest BCUT2D eigenvalue weighted by atomic mass is 9.91. The summed E-state index contributed by atoms with van der Waals surface area (Å²) in [6.07, 6.45) is 1.78. The molecule has 144 valence electrons. The third-order valence-electron chi connectivity index (χ3n) is 4.71. The van der Waals surface area contributed by atoms with Crippen LogP contribution in [0.3, 0.4) is 0 Å². The van der Waals surface area contributed by atoms with Gasteiger partial charge in [0.2, 0.25) is 15.9 Å². The van der Waals surface area contributed by atoms with Crippen molar-refractivity contribution in [3.05, 3.63) is 53.1 Å². The highest BCUT2D eigenvalue weighted by Gasteiger charge is 2.31. The summed E-state index contributed by atoms with van der Waals surface area (Å²) in [5.74, 6) is -0.189. The van der Waals surface area contributed by atoms with Crippen LogP contribution >= 0.6 is 11.6 Å². The molecule has 0 fully saturated rings. The van der Waals surface area contributed by atoms with Crippen LogP contribution in [0.2, 0.25) is 5.02 Å². The Morgan fingerprint density at radius 2 is 2.00 bits per heavy atom. The maximum absolute atomic E-state index is 13.0. The zero-order valence-electron chi connectivity index (χ0n) is 15.1. The summed E-state index contributed by atoms with van der Waals surface area (Å²) in [5, 5.41) is 10.7. The average molecular weight is 409 g/mol. The Bertz CT molecular complexity index is 977. The molecule has 2 aromatic rings. The first-order valence-electron chi connectivity index (χ1n) is 8.54. The minimum Gasteiger partial charge on any atom is -0.506 e. The minimum atomic E-state index is -3.70. The number of para-hydroxylation sites is 1. The molecule has 0 saturated carbocycles. The van der Waals surface area contributed by atoms with Crippen molar-refractivity contribution < 1.29 is 18.3 Å². The average Bonchev–Trinajstić information content (AvgIpc) is 2.59. The van der Waals surface area contributed by atoms with E-state index >= 15 is 0 Å². The Labute approximate surface area is 164 Å². The fraction of sp³-hybridized carbons (Fsp3) is 0.316. The third-order valence-corrected chi connectivity index (χ3v) is 6.08. The van der Waals surface area contributed by atoms with E-state index in [1.54, 1.807) is 24.3 Å². The molecule has 1 aliphatic heterocycles. The molecule has 0 unspecified atom stereocenters. The molecule has 1 N–H and O–H groups in total. The SMILES string of the molecule is C[C@H]1CCN(C(=O)CN(c2cccc(Cl)c2)S(C)(=O)=O)c2c(O)cccc21. The van der Waals surface area contributed by atoms with Gasteiger partial charge in [-0.15, -0.1) is 0 Å². The van der Waals surface area contributed by atoms with Gasteiger partial charge in [-0.1, -0.05) is 36.7 Å². The van der Waals surface area contributed by atoms with Gasteiger partial charge in [0.05, 0.1) is 17.6 Å². The number of aromatic hydroxyl groups is 1.